The second-order valence-electron chi connectivity index (χ2n) is 8.27. The molecule has 1 aromatic carbocycles. The van der Waals surface area contributed by atoms with Gasteiger partial charge in [0.15, 0.2) is 11.2 Å². The minimum Gasteiger partial charge on any atom is -0.468 e. The highest BCUT2D eigenvalue weighted by Crippen LogP contribution is 2.45. The van der Waals surface area contributed by atoms with Crippen LogP contribution in [-0.4, -0.2) is 31.4 Å². The molecule has 172 valence electrons. The van der Waals surface area contributed by atoms with Crippen LogP contribution in [0.3, 0.4) is 0 Å². The lowest BCUT2D eigenvalue weighted by atomic mass is 9.69. The molecule has 2 heterocycles. The predicted molar refractivity (Wildman–Crippen MR) is 119 cm³/mol. The Balaban J connectivity index is 1.98. The zero-order valence-electron chi connectivity index (χ0n) is 18.9. The molecule has 1 aliphatic heterocycles. The van der Waals surface area contributed by atoms with Crippen molar-refractivity contribution in [1.29, 1.82) is 0 Å². The van der Waals surface area contributed by atoms with Crippen molar-refractivity contribution in [3.05, 3.63) is 68.9 Å². The van der Waals surface area contributed by atoms with Gasteiger partial charge in [-0.2, -0.15) is 0 Å². The fourth-order valence-corrected chi connectivity index (χ4v) is 4.76. The normalized spacial score (nSPS) is 22.7. The maximum atomic E-state index is 13.7. The first-order valence-corrected chi connectivity index (χ1v) is 10.8. The summed E-state index contributed by atoms with van der Waals surface area (Å²) in [4.78, 5) is 52.6. The Morgan fingerprint density at radius 3 is 2.64 bits per heavy atom. The average Bonchev–Trinajstić information content (AvgIpc) is 2.78. The third-order valence-electron chi connectivity index (χ3n) is 6.26. The molecule has 0 radical (unpaired) electrons. The Morgan fingerprint density at radius 2 is 1.94 bits per heavy atom. The topological polar surface area (TPSA) is 112 Å². The van der Waals surface area contributed by atoms with Crippen LogP contribution < -0.4 is 10.7 Å². The number of carbonyl (C=O) groups is 3. The van der Waals surface area contributed by atoms with E-state index in [9.17, 15) is 19.2 Å². The average molecular weight is 451 g/mol. The van der Waals surface area contributed by atoms with E-state index in [1.165, 1.54) is 13.4 Å². The van der Waals surface area contributed by atoms with Gasteiger partial charge in [-0.3, -0.25) is 14.4 Å². The Bertz CT molecular complexity index is 1280. The van der Waals surface area contributed by atoms with Gasteiger partial charge < -0.3 is 19.2 Å². The van der Waals surface area contributed by atoms with Crippen LogP contribution in [-0.2, 0) is 23.9 Å². The summed E-state index contributed by atoms with van der Waals surface area (Å²) in [5.41, 5.74) is 1.58. The fourth-order valence-electron chi connectivity index (χ4n) is 4.76. The van der Waals surface area contributed by atoms with Crippen LogP contribution in [0, 0.1) is 11.8 Å². The number of nitrogens with one attached hydrogen (secondary N) is 1. The number of ether oxygens (including phenoxy) is 2. The number of ketones is 1. The zero-order chi connectivity index (χ0) is 23.9. The van der Waals surface area contributed by atoms with Crippen molar-refractivity contribution in [2.45, 2.75) is 33.1 Å². The monoisotopic (exact) mass is 451 g/mol. The lowest BCUT2D eigenvalue weighted by molar-refractivity contribution is -0.151. The van der Waals surface area contributed by atoms with E-state index >= 15 is 0 Å². The van der Waals surface area contributed by atoms with Gasteiger partial charge >= 0.3 is 11.9 Å². The lowest BCUT2D eigenvalue weighted by Crippen LogP contribution is -2.44. The molecule has 0 amide bonds. The molecule has 0 spiro atoms. The summed E-state index contributed by atoms with van der Waals surface area (Å²) in [5.74, 6) is -4.16. The van der Waals surface area contributed by atoms with E-state index in [2.05, 4.69) is 5.32 Å². The molecule has 4 rings (SSSR count). The number of methoxy groups -OCH3 is 1. The number of esters is 2. The molecule has 8 nitrogen and oxygen atoms in total. The number of benzene rings is 1. The van der Waals surface area contributed by atoms with Crippen molar-refractivity contribution < 1.29 is 28.3 Å². The van der Waals surface area contributed by atoms with Gasteiger partial charge in [-0.25, -0.2) is 4.79 Å². The number of hydrogen-bond donors (Lipinski definition) is 1. The van der Waals surface area contributed by atoms with Gasteiger partial charge in [0.25, 0.3) is 0 Å². The summed E-state index contributed by atoms with van der Waals surface area (Å²) in [7, 11) is 1.23. The summed E-state index contributed by atoms with van der Waals surface area (Å²) < 4.78 is 15.9. The Labute approximate surface area is 190 Å². The number of fused-ring (bicyclic) bond motifs is 1. The molecule has 1 aliphatic carbocycles. The highest BCUT2D eigenvalue weighted by Gasteiger charge is 2.48. The standard InChI is InChI=1S/C25H25NO7/c1-5-32-25(30)19-13(3)26-16-10-12(2)18(24(29)31-4)23(28)21(16)20(19)15-11-33-17-9-7-6-8-14(17)22(15)27/h6-9,11-12,18,20,26H,5,10H2,1-4H3/t12-,18-,20+/m0/s1. The van der Waals surface area contributed by atoms with Gasteiger partial charge in [0.05, 0.1) is 36.9 Å². The zero-order valence-corrected chi connectivity index (χ0v) is 18.9. The van der Waals surface area contributed by atoms with E-state index in [1.54, 1.807) is 45.0 Å². The first-order valence-electron chi connectivity index (χ1n) is 10.8. The molecule has 2 aliphatic rings. The van der Waals surface area contributed by atoms with Crippen LogP contribution in [0.2, 0.25) is 0 Å². The van der Waals surface area contributed by atoms with E-state index in [4.69, 9.17) is 13.9 Å². The fraction of sp³-hybridized carbons (Fsp3) is 0.360. The molecule has 3 atom stereocenters. The van der Waals surface area contributed by atoms with Gasteiger partial charge in [-0.05, 0) is 38.3 Å². The third kappa shape index (κ3) is 3.65. The van der Waals surface area contributed by atoms with Crippen molar-refractivity contribution in [1.82, 2.24) is 5.32 Å². The first kappa shape index (κ1) is 22.5. The van der Waals surface area contributed by atoms with Crippen LogP contribution in [0.4, 0.5) is 0 Å². The molecular formula is C25H25NO7. The molecule has 1 N–H and O–H groups in total. The van der Waals surface area contributed by atoms with Crippen molar-refractivity contribution in [2.24, 2.45) is 11.8 Å². The lowest BCUT2D eigenvalue weighted by Gasteiger charge is -2.37. The maximum absolute atomic E-state index is 13.7. The SMILES string of the molecule is CCOC(=O)C1=C(C)NC2=C(C(=O)[C@@H](C(=O)OC)[C@@H](C)C2)[C@@H]1c1coc2ccccc2c1=O. The third-order valence-corrected chi connectivity index (χ3v) is 6.26. The number of para-hydroxylation sites is 1. The van der Waals surface area contributed by atoms with Gasteiger partial charge in [0.2, 0.25) is 0 Å². The summed E-state index contributed by atoms with van der Waals surface area (Å²) in [6.07, 6.45) is 1.67. The highest BCUT2D eigenvalue weighted by atomic mass is 16.5. The molecule has 0 unspecified atom stereocenters. The molecule has 0 saturated heterocycles. The predicted octanol–water partition coefficient (Wildman–Crippen LogP) is 2.97. The van der Waals surface area contributed by atoms with Gasteiger partial charge in [-0.1, -0.05) is 19.1 Å². The van der Waals surface area contributed by atoms with Crippen LogP contribution in [0.5, 0.6) is 0 Å². The minimum absolute atomic E-state index is 0.121. The summed E-state index contributed by atoms with van der Waals surface area (Å²) in [6.45, 7) is 5.29. The number of dihydropyridines is 1. The number of carbonyl (C=O) groups excluding carboxylic acids is 3. The number of Topliss-reactive ketones (excluding diaryl/α,β-unsaturated/α-hetero) is 1. The van der Waals surface area contributed by atoms with Crippen LogP contribution in [0.1, 0.15) is 38.7 Å². The molecule has 8 heteroatoms. The highest BCUT2D eigenvalue weighted by molar-refractivity contribution is 6.12. The summed E-state index contributed by atoms with van der Waals surface area (Å²) in [6, 6.07) is 6.76. The quantitative estimate of drug-likeness (QED) is 0.558. The number of allylic oxidation sites excluding steroid dienone is 3. The molecule has 0 saturated carbocycles. The van der Waals surface area contributed by atoms with Gasteiger partial charge in [0, 0.05) is 22.5 Å². The van der Waals surface area contributed by atoms with Crippen LogP contribution in [0.25, 0.3) is 11.0 Å². The summed E-state index contributed by atoms with van der Waals surface area (Å²) >= 11 is 0. The molecule has 1 aromatic heterocycles. The van der Waals surface area contributed by atoms with Crippen LogP contribution in [0.15, 0.2) is 62.3 Å². The first-order chi connectivity index (χ1) is 15.8. The number of hydrogen-bond acceptors (Lipinski definition) is 8. The number of rotatable bonds is 4. The van der Waals surface area contributed by atoms with E-state index < -0.39 is 29.6 Å². The molecule has 0 bridgehead atoms. The smallest absolute Gasteiger partial charge is 0.336 e. The van der Waals surface area contributed by atoms with Crippen molar-refractivity contribution in [3.63, 3.8) is 0 Å². The maximum Gasteiger partial charge on any atom is 0.336 e. The van der Waals surface area contributed by atoms with Gasteiger partial charge in [-0.15, -0.1) is 0 Å². The molecule has 0 fully saturated rings. The molecule has 33 heavy (non-hydrogen) atoms. The largest absolute Gasteiger partial charge is 0.468 e. The van der Waals surface area contributed by atoms with E-state index in [1.807, 2.05) is 0 Å². The van der Waals surface area contributed by atoms with E-state index in [0.29, 0.717) is 28.8 Å². The Morgan fingerprint density at radius 1 is 1.21 bits per heavy atom. The van der Waals surface area contributed by atoms with Crippen molar-refractivity contribution in [3.8, 4) is 0 Å². The van der Waals surface area contributed by atoms with E-state index in [0.717, 1.165) is 0 Å². The molecular weight excluding hydrogens is 426 g/mol. The second kappa shape index (κ2) is 8.69. The van der Waals surface area contributed by atoms with Crippen molar-refractivity contribution >= 4 is 28.7 Å². The van der Waals surface area contributed by atoms with Crippen LogP contribution >= 0.6 is 0 Å². The minimum atomic E-state index is -1.03. The van der Waals surface area contributed by atoms with Gasteiger partial charge in [0.1, 0.15) is 11.5 Å². The van der Waals surface area contributed by atoms with Crippen molar-refractivity contribution in [2.75, 3.05) is 13.7 Å². The molecule has 2 aromatic rings. The van der Waals surface area contributed by atoms with E-state index in [-0.39, 0.29) is 34.7 Å². The Hall–Kier alpha value is -3.68. The Kier molecular flexibility index (Phi) is 5.93. The second-order valence-corrected chi connectivity index (χ2v) is 8.27. The summed E-state index contributed by atoms with van der Waals surface area (Å²) in [5, 5.41) is 3.49.